The molecule has 0 fully saturated rings. The van der Waals surface area contributed by atoms with E-state index in [0.717, 1.165) is 10.6 Å². The summed E-state index contributed by atoms with van der Waals surface area (Å²) in [5.41, 5.74) is 0. The molecule has 1 aromatic carbocycles. The quantitative estimate of drug-likeness (QED) is 0.538. The van der Waals surface area contributed by atoms with Gasteiger partial charge >= 0.3 is 0 Å². The van der Waals surface area contributed by atoms with Gasteiger partial charge < -0.3 is 4.74 Å². The predicted molar refractivity (Wildman–Crippen MR) is 62.6 cm³/mol. The van der Waals surface area contributed by atoms with Crippen molar-refractivity contribution in [3.8, 4) is 5.75 Å². The third kappa shape index (κ3) is 3.30. The summed E-state index contributed by atoms with van der Waals surface area (Å²) in [5.74, 6) is 0.897. The van der Waals surface area contributed by atoms with Gasteiger partial charge in [0.15, 0.2) is 0 Å². The van der Waals surface area contributed by atoms with E-state index in [1.807, 2.05) is 55.7 Å². The molecule has 0 spiro atoms. The fourth-order valence-corrected chi connectivity index (χ4v) is 1.60. The van der Waals surface area contributed by atoms with E-state index in [1.54, 1.807) is 18.0 Å². The van der Waals surface area contributed by atoms with Crippen molar-refractivity contribution in [2.75, 3.05) is 0 Å². The minimum atomic E-state index is 0.897. The fraction of sp³-hybridized carbons (Fsp3) is 0.167. The summed E-state index contributed by atoms with van der Waals surface area (Å²) in [7, 11) is 0. The highest BCUT2D eigenvalue weighted by Crippen LogP contribution is 2.29. The maximum absolute atomic E-state index is 5.45. The molecule has 0 heterocycles. The van der Waals surface area contributed by atoms with E-state index in [-0.39, 0.29) is 0 Å². The van der Waals surface area contributed by atoms with E-state index in [0.29, 0.717) is 0 Å². The number of rotatable bonds is 4. The Labute approximate surface area is 89.5 Å². The zero-order valence-corrected chi connectivity index (χ0v) is 9.25. The highest BCUT2D eigenvalue weighted by atomic mass is 32.2. The minimum absolute atomic E-state index is 0.897. The molecule has 1 aromatic rings. The summed E-state index contributed by atoms with van der Waals surface area (Å²) in [6, 6.07) is 7.99. The molecule has 0 aliphatic heterocycles. The zero-order chi connectivity index (χ0) is 10.2. The monoisotopic (exact) mass is 206 g/mol. The largest absolute Gasteiger partial charge is 0.464 e. The van der Waals surface area contributed by atoms with Gasteiger partial charge in [-0.15, -0.1) is 0 Å². The number of hydrogen-bond acceptors (Lipinski definition) is 2. The van der Waals surface area contributed by atoms with Crippen LogP contribution in [0.1, 0.15) is 13.8 Å². The molecular weight excluding hydrogens is 192 g/mol. The van der Waals surface area contributed by atoms with Crippen LogP contribution in [0.25, 0.3) is 0 Å². The maximum atomic E-state index is 5.45. The lowest BCUT2D eigenvalue weighted by atomic mass is 10.3. The Morgan fingerprint density at radius 1 is 1.14 bits per heavy atom. The molecule has 0 radical (unpaired) electrons. The molecule has 0 bridgehead atoms. The van der Waals surface area contributed by atoms with Crippen LogP contribution in [0.2, 0.25) is 0 Å². The normalized spacial score (nSPS) is 11.3. The number of hydrogen-bond donors (Lipinski definition) is 0. The molecule has 1 rings (SSSR count). The van der Waals surface area contributed by atoms with Crippen LogP contribution in [0.4, 0.5) is 0 Å². The molecule has 74 valence electrons. The van der Waals surface area contributed by atoms with Gasteiger partial charge in [0.05, 0.1) is 11.2 Å². The Morgan fingerprint density at radius 2 is 1.93 bits per heavy atom. The zero-order valence-electron chi connectivity index (χ0n) is 8.44. The number of thioether (sulfide) groups is 1. The lowest BCUT2D eigenvalue weighted by molar-refractivity contribution is 0.469. The first-order valence-corrected chi connectivity index (χ1v) is 5.41. The Morgan fingerprint density at radius 3 is 2.64 bits per heavy atom. The van der Waals surface area contributed by atoms with E-state index < -0.39 is 0 Å². The molecular formula is C12H14OS. The molecule has 0 saturated carbocycles. The van der Waals surface area contributed by atoms with Gasteiger partial charge in [0.25, 0.3) is 0 Å². The van der Waals surface area contributed by atoms with Crippen molar-refractivity contribution in [3.05, 3.63) is 48.1 Å². The van der Waals surface area contributed by atoms with Gasteiger partial charge in [-0.3, -0.25) is 0 Å². The van der Waals surface area contributed by atoms with Crippen LogP contribution in [0.5, 0.6) is 5.75 Å². The third-order valence-electron chi connectivity index (χ3n) is 1.51. The summed E-state index contributed by atoms with van der Waals surface area (Å²) >= 11 is 1.66. The second-order valence-electron chi connectivity index (χ2n) is 2.62. The van der Waals surface area contributed by atoms with Crippen molar-refractivity contribution >= 4 is 11.8 Å². The van der Waals surface area contributed by atoms with Crippen molar-refractivity contribution in [2.24, 2.45) is 0 Å². The van der Waals surface area contributed by atoms with Gasteiger partial charge in [-0.1, -0.05) is 36.0 Å². The van der Waals surface area contributed by atoms with Gasteiger partial charge in [-0.05, 0) is 31.4 Å². The average Bonchev–Trinajstić information content (AvgIpc) is 2.24. The van der Waals surface area contributed by atoms with Crippen LogP contribution < -0.4 is 4.74 Å². The average molecular weight is 206 g/mol. The Bertz CT molecular complexity index is 296. The highest BCUT2D eigenvalue weighted by molar-refractivity contribution is 8.02. The predicted octanol–water partition coefficient (Wildman–Crippen LogP) is 4.22. The summed E-state index contributed by atoms with van der Waals surface area (Å²) in [5, 5.41) is 2.04. The second-order valence-corrected chi connectivity index (χ2v) is 3.57. The maximum Gasteiger partial charge on any atom is 0.140 e. The molecule has 0 N–H and O–H groups in total. The molecule has 0 aromatic heterocycles. The second kappa shape index (κ2) is 6.33. The molecule has 0 atom stereocenters. The Balaban J connectivity index is 2.79. The summed E-state index contributed by atoms with van der Waals surface area (Å²) in [6.45, 7) is 3.93. The van der Waals surface area contributed by atoms with Crippen LogP contribution in [-0.4, -0.2) is 0 Å². The molecule has 0 aliphatic carbocycles. The summed E-state index contributed by atoms with van der Waals surface area (Å²) < 4.78 is 5.45. The lowest BCUT2D eigenvalue weighted by Gasteiger charge is -2.04. The third-order valence-corrected chi connectivity index (χ3v) is 2.51. The topological polar surface area (TPSA) is 9.23 Å². The first-order chi connectivity index (χ1) is 6.88. The van der Waals surface area contributed by atoms with Crippen molar-refractivity contribution < 1.29 is 4.74 Å². The van der Waals surface area contributed by atoms with Gasteiger partial charge in [-0.2, -0.15) is 0 Å². The number of ether oxygens (including phenoxy) is 1. The first-order valence-electron chi connectivity index (χ1n) is 4.53. The van der Waals surface area contributed by atoms with Crippen molar-refractivity contribution in [3.63, 3.8) is 0 Å². The molecule has 0 amide bonds. The van der Waals surface area contributed by atoms with E-state index in [9.17, 15) is 0 Å². The van der Waals surface area contributed by atoms with Gasteiger partial charge in [-0.25, -0.2) is 0 Å². The van der Waals surface area contributed by atoms with Gasteiger partial charge in [0.1, 0.15) is 5.75 Å². The number of benzene rings is 1. The molecule has 0 unspecified atom stereocenters. The Hall–Kier alpha value is -1.15. The van der Waals surface area contributed by atoms with E-state index >= 15 is 0 Å². The molecule has 1 nitrogen and oxygen atoms in total. The van der Waals surface area contributed by atoms with Crippen molar-refractivity contribution in [2.45, 2.75) is 18.7 Å². The smallest absolute Gasteiger partial charge is 0.140 e. The van der Waals surface area contributed by atoms with Crippen molar-refractivity contribution in [1.29, 1.82) is 0 Å². The number of allylic oxidation sites excluding steroid dienone is 2. The standard InChI is InChI=1S/C12H14OS/c1-3-9-13-11-7-5-6-8-12(11)14-10-4-2/h3-10H,1-2H3. The van der Waals surface area contributed by atoms with Crippen LogP contribution in [-0.2, 0) is 0 Å². The number of para-hydroxylation sites is 1. The van der Waals surface area contributed by atoms with Crippen LogP contribution in [0.3, 0.4) is 0 Å². The molecule has 2 heteroatoms. The van der Waals surface area contributed by atoms with Crippen LogP contribution in [0, 0.1) is 0 Å². The van der Waals surface area contributed by atoms with Crippen LogP contribution >= 0.6 is 11.8 Å². The van der Waals surface area contributed by atoms with Crippen LogP contribution in [0.15, 0.2) is 53.0 Å². The van der Waals surface area contributed by atoms with Gasteiger partial charge in [0.2, 0.25) is 0 Å². The summed E-state index contributed by atoms with van der Waals surface area (Å²) in [6.07, 6.45) is 5.57. The van der Waals surface area contributed by atoms with E-state index in [4.69, 9.17) is 4.74 Å². The van der Waals surface area contributed by atoms with Gasteiger partial charge in [0, 0.05) is 0 Å². The van der Waals surface area contributed by atoms with E-state index in [1.165, 1.54) is 0 Å². The Kier molecular flexibility index (Phi) is 4.94. The lowest BCUT2D eigenvalue weighted by Crippen LogP contribution is -1.83. The molecule has 0 aliphatic rings. The summed E-state index contributed by atoms with van der Waals surface area (Å²) in [4.78, 5) is 1.13. The SMILES string of the molecule is CC=COc1ccccc1SC=CC. The van der Waals surface area contributed by atoms with E-state index in [2.05, 4.69) is 0 Å². The fourth-order valence-electron chi connectivity index (χ4n) is 0.928. The molecule has 14 heavy (non-hydrogen) atoms. The highest BCUT2D eigenvalue weighted by Gasteiger charge is 1.99. The minimum Gasteiger partial charge on any atom is -0.464 e. The first kappa shape index (κ1) is 10.9. The van der Waals surface area contributed by atoms with Crippen molar-refractivity contribution in [1.82, 2.24) is 0 Å². The molecule has 0 saturated heterocycles.